The van der Waals surface area contributed by atoms with Gasteiger partial charge in [-0.3, -0.25) is 0 Å². The smallest absolute Gasteiger partial charge is 0.231 e. The maximum atomic E-state index is 9.96. The van der Waals surface area contributed by atoms with Crippen LogP contribution < -0.4 is 19.9 Å². The largest absolute Gasteiger partial charge is 0.504 e. The summed E-state index contributed by atoms with van der Waals surface area (Å²) < 4.78 is 17.3. The molecule has 0 bridgehead atoms. The maximum absolute atomic E-state index is 9.96. The Morgan fingerprint density at radius 3 is 2.84 bits per heavy atom. The molecule has 1 unspecified atom stereocenters. The number of hydrogen-bond donors (Lipinski definition) is 2. The minimum atomic E-state index is -0.641. The number of rotatable bonds is 4. The van der Waals surface area contributed by atoms with Gasteiger partial charge in [0.25, 0.3) is 0 Å². The van der Waals surface area contributed by atoms with E-state index >= 15 is 0 Å². The van der Waals surface area contributed by atoms with Gasteiger partial charge < -0.3 is 25.1 Å². The molecule has 0 amide bonds. The predicted molar refractivity (Wildman–Crippen MR) is 86.0 cm³/mol. The van der Waals surface area contributed by atoms with Crippen molar-refractivity contribution in [3.63, 3.8) is 0 Å². The van der Waals surface area contributed by atoms with Crippen molar-refractivity contribution in [2.24, 2.45) is 5.73 Å². The summed E-state index contributed by atoms with van der Waals surface area (Å²) in [7, 11) is 1.48. The van der Waals surface area contributed by atoms with Crippen molar-refractivity contribution in [2.45, 2.75) is 6.04 Å². The van der Waals surface area contributed by atoms with Crippen LogP contribution in [0.3, 0.4) is 0 Å². The number of hydrogen-bond acceptors (Lipinski definition) is 8. The predicted octanol–water partition coefficient (Wildman–Crippen LogP) is 1.15. The highest BCUT2D eigenvalue weighted by atomic mass is 16.7. The number of benzene rings is 2. The zero-order valence-electron chi connectivity index (χ0n) is 13.3. The average molecular weight is 341 g/mol. The van der Waals surface area contributed by atoms with Crippen molar-refractivity contribution in [1.29, 1.82) is 0 Å². The van der Waals surface area contributed by atoms with Gasteiger partial charge in [-0.1, -0.05) is 6.07 Å². The van der Waals surface area contributed by atoms with E-state index in [0.29, 0.717) is 34.3 Å². The molecule has 1 aromatic heterocycles. The number of methoxy groups -OCH3 is 1. The molecule has 4 rings (SSSR count). The van der Waals surface area contributed by atoms with Gasteiger partial charge in [-0.15, -0.1) is 5.10 Å². The van der Waals surface area contributed by atoms with Crippen LogP contribution in [0.5, 0.6) is 23.0 Å². The minimum Gasteiger partial charge on any atom is -0.504 e. The van der Waals surface area contributed by atoms with Gasteiger partial charge in [0.15, 0.2) is 28.8 Å². The summed E-state index contributed by atoms with van der Waals surface area (Å²) in [6, 6.07) is 9.65. The lowest BCUT2D eigenvalue weighted by Crippen LogP contribution is -2.18. The molecule has 0 saturated carbocycles. The summed E-state index contributed by atoms with van der Waals surface area (Å²) in [5, 5.41) is 21.7. The third kappa shape index (κ3) is 2.60. The Balaban J connectivity index is 1.70. The molecule has 25 heavy (non-hydrogen) atoms. The van der Waals surface area contributed by atoms with Gasteiger partial charge in [-0.05, 0) is 40.3 Å². The zero-order chi connectivity index (χ0) is 17.4. The van der Waals surface area contributed by atoms with Gasteiger partial charge in [0.2, 0.25) is 6.79 Å². The molecular formula is C16H15N5O4. The van der Waals surface area contributed by atoms with Crippen LogP contribution in [0.15, 0.2) is 36.4 Å². The van der Waals surface area contributed by atoms with E-state index in [1.807, 2.05) is 6.07 Å². The average Bonchev–Trinajstić information content (AvgIpc) is 3.29. The molecule has 9 heteroatoms. The van der Waals surface area contributed by atoms with E-state index in [2.05, 4.69) is 15.5 Å². The maximum Gasteiger partial charge on any atom is 0.231 e. The molecule has 0 radical (unpaired) electrons. The van der Waals surface area contributed by atoms with Gasteiger partial charge in [-0.25, -0.2) is 0 Å². The van der Waals surface area contributed by atoms with E-state index in [0.717, 1.165) is 0 Å². The first kappa shape index (κ1) is 15.2. The molecule has 0 fully saturated rings. The Morgan fingerprint density at radius 2 is 2.04 bits per heavy atom. The monoisotopic (exact) mass is 341 g/mol. The van der Waals surface area contributed by atoms with Crippen molar-refractivity contribution in [2.75, 3.05) is 13.9 Å². The third-order valence-corrected chi connectivity index (χ3v) is 3.93. The van der Waals surface area contributed by atoms with Crippen LogP contribution in [-0.4, -0.2) is 39.2 Å². The van der Waals surface area contributed by atoms with Crippen molar-refractivity contribution in [3.05, 3.63) is 47.8 Å². The van der Waals surface area contributed by atoms with Gasteiger partial charge in [0.05, 0.1) is 18.8 Å². The number of aromatic hydroxyl groups is 1. The highest BCUT2D eigenvalue weighted by Gasteiger charge is 2.21. The molecule has 3 N–H and O–H groups in total. The first-order chi connectivity index (χ1) is 12.2. The van der Waals surface area contributed by atoms with E-state index in [1.165, 1.54) is 17.9 Å². The summed E-state index contributed by atoms with van der Waals surface area (Å²) in [6.45, 7) is 0.186. The second-order valence-electron chi connectivity index (χ2n) is 5.40. The molecule has 3 aromatic rings. The molecule has 128 valence electrons. The second-order valence-corrected chi connectivity index (χ2v) is 5.40. The molecule has 2 aromatic carbocycles. The Kier molecular flexibility index (Phi) is 3.62. The zero-order valence-corrected chi connectivity index (χ0v) is 13.3. The van der Waals surface area contributed by atoms with Gasteiger partial charge in [-0.2, -0.15) is 4.68 Å². The van der Waals surface area contributed by atoms with Crippen molar-refractivity contribution in [3.8, 4) is 28.7 Å². The fourth-order valence-electron chi connectivity index (χ4n) is 2.64. The molecule has 1 aliphatic rings. The Labute approximate surface area is 142 Å². The lowest BCUT2D eigenvalue weighted by atomic mass is 10.1. The number of ether oxygens (including phenoxy) is 3. The molecule has 0 aliphatic carbocycles. The van der Waals surface area contributed by atoms with Crippen LogP contribution in [0.25, 0.3) is 5.69 Å². The number of nitrogens with two attached hydrogens (primary N) is 1. The summed E-state index contributed by atoms with van der Waals surface area (Å²) in [4.78, 5) is 0. The molecule has 2 heterocycles. The number of fused-ring (bicyclic) bond motifs is 1. The topological polar surface area (TPSA) is 118 Å². The summed E-state index contributed by atoms with van der Waals surface area (Å²) in [5.74, 6) is 2.07. The van der Waals surface area contributed by atoms with E-state index in [-0.39, 0.29) is 12.5 Å². The molecule has 9 nitrogen and oxygen atoms in total. The SMILES string of the molecule is COc1ccc(C(N)c2nnnn2-c2ccc3c(c2)OCO3)cc1O. The van der Waals surface area contributed by atoms with Crippen molar-refractivity contribution < 1.29 is 19.3 Å². The number of phenols is 1. The lowest BCUT2D eigenvalue weighted by Gasteiger charge is -2.13. The van der Waals surface area contributed by atoms with Gasteiger partial charge in [0, 0.05) is 6.07 Å². The van der Waals surface area contributed by atoms with Gasteiger partial charge in [0.1, 0.15) is 0 Å². The standard InChI is InChI=1S/C16H15N5O4/c1-23-12-4-2-9(6-11(12)22)15(17)16-18-19-20-21(16)10-3-5-13-14(7-10)25-8-24-13/h2-7,15,22H,8,17H2,1H3. The lowest BCUT2D eigenvalue weighted by molar-refractivity contribution is 0.174. The van der Waals surface area contributed by atoms with E-state index < -0.39 is 6.04 Å². The van der Waals surface area contributed by atoms with Crippen LogP contribution in [0, 0.1) is 0 Å². The van der Waals surface area contributed by atoms with Crippen LogP contribution in [0.4, 0.5) is 0 Å². The first-order valence-electron chi connectivity index (χ1n) is 7.48. The number of phenolic OH excluding ortho intramolecular Hbond substituents is 1. The second kappa shape index (κ2) is 5.95. The Morgan fingerprint density at radius 1 is 1.20 bits per heavy atom. The highest BCUT2D eigenvalue weighted by Crippen LogP contribution is 2.34. The molecule has 1 atom stereocenters. The quantitative estimate of drug-likeness (QED) is 0.726. The number of nitrogens with zero attached hydrogens (tertiary/aromatic N) is 4. The van der Waals surface area contributed by atoms with Crippen molar-refractivity contribution in [1.82, 2.24) is 20.2 Å². The van der Waals surface area contributed by atoms with Crippen molar-refractivity contribution >= 4 is 0 Å². The molecule has 1 aliphatic heterocycles. The molecule has 0 saturated heterocycles. The van der Waals surface area contributed by atoms with Crippen LogP contribution in [0.2, 0.25) is 0 Å². The fraction of sp³-hybridized carbons (Fsp3) is 0.188. The normalized spacial score (nSPS) is 13.7. The first-order valence-corrected chi connectivity index (χ1v) is 7.48. The van der Waals surface area contributed by atoms with E-state index in [1.54, 1.807) is 24.3 Å². The van der Waals surface area contributed by atoms with E-state index in [4.69, 9.17) is 19.9 Å². The summed E-state index contributed by atoms with van der Waals surface area (Å²) in [5.41, 5.74) is 7.64. The van der Waals surface area contributed by atoms with Crippen LogP contribution in [-0.2, 0) is 0 Å². The summed E-state index contributed by atoms with van der Waals surface area (Å²) in [6.07, 6.45) is 0. The van der Waals surface area contributed by atoms with E-state index in [9.17, 15) is 5.11 Å². The third-order valence-electron chi connectivity index (χ3n) is 3.93. The van der Waals surface area contributed by atoms with Crippen LogP contribution in [0.1, 0.15) is 17.4 Å². The number of aromatic nitrogens is 4. The minimum absolute atomic E-state index is 0.00226. The number of tetrazole rings is 1. The highest BCUT2D eigenvalue weighted by molar-refractivity contribution is 5.50. The van der Waals surface area contributed by atoms with Crippen LogP contribution >= 0.6 is 0 Å². The Hall–Kier alpha value is -3.33. The summed E-state index contributed by atoms with van der Waals surface area (Å²) >= 11 is 0. The fourth-order valence-corrected chi connectivity index (χ4v) is 2.64. The van der Waals surface area contributed by atoms with Gasteiger partial charge >= 0.3 is 0 Å². The molecule has 0 spiro atoms. The Bertz CT molecular complexity index is 927. The molecular weight excluding hydrogens is 326 g/mol.